The number of aryl methyl sites for hydroxylation is 1. The molecular formula is C13H23N5O. The minimum atomic E-state index is -0.155. The number of aromatic nitrogens is 2. The Labute approximate surface area is 113 Å². The summed E-state index contributed by atoms with van der Waals surface area (Å²) in [6, 6.07) is 2.06. The summed E-state index contributed by atoms with van der Waals surface area (Å²) in [5.74, 6) is 0.360. The van der Waals surface area contributed by atoms with Gasteiger partial charge in [0.2, 0.25) is 0 Å². The van der Waals surface area contributed by atoms with Crippen LogP contribution in [0.4, 0.5) is 0 Å². The molecule has 6 heteroatoms. The highest BCUT2D eigenvalue weighted by atomic mass is 16.4. The van der Waals surface area contributed by atoms with Crippen LogP contribution in [-0.2, 0) is 13.5 Å². The van der Waals surface area contributed by atoms with Crippen molar-refractivity contribution in [3.8, 4) is 0 Å². The van der Waals surface area contributed by atoms with Crippen molar-refractivity contribution in [1.82, 2.24) is 14.7 Å². The van der Waals surface area contributed by atoms with Crippen molar-refractivity contribution in [2.24, 2.45) is 23.4 Å². The Balaban J connectivity index is 1.82. The third-order valence-electron chi connectivity index (χ3n) is 4.29. The van der Waals surface area contributed by atoms with Crippen molar-refractivity contribution in [1.29, 1.82) is 0 Å². The van der Waals surface area contributed by atoms with E-state index in [0.717, 1.165) is 38.9 Å². The molecule has 0 aliphatic carbocycles. The molecule has 0 radical (unpaired) electrons. The van der Waals surface area contributed by atoms with E-state index in [0.29, 0.717) is 5.84 Å². The molecule has 106 valence electrons. The van der Waals surface area contributed by atoms with Gasteiger partial charge in [-0.1, -0.05) is 12.1 Å². The average Bonchev–Trinajstić information content (AvgIpc) is 2.83. The van der Waals surface area contributed by atoms with Crippen molar-refractivity contribution in [2.75, 3.05) is 19.6 Å². The van der Waals surface area contributed by atoms with E-state index in [1.165, 1.54) is 5.69 Å². The maximum atomic E-state index is 8.82. The molecule has 0 aromatic carbocycles. The molecule has 19 heavy (non-hydrogen) atoms. The number of amidine groups is 1. The van der Waals surface area contributed by atoms with Crippen LogP contribution in [0.5, 0.6) is 0 Å². The Morgan fingerprint density at radius 1 is 1.53 bits per heavy atom. The van der Waals surface area contributed by atoms with Gasteiger partial charge in [0.25, 0.3) is 0 Å². The fourth-order valence-electron chi connectivity index (χ4n) is 2.57. The summed E-state index contributed by atoms with van der Waals surface area (Å²) in [5, 5.41) is 16.2. The van der Waals surface area contributed by atoms with Crippen molar-refractivity contribution in [3.05, 3.63) is 18.0 Å². The second-order valence-corrected chi connectivity index (χ2v) is 5.58. The third-order valence-corrected chi connectivity index (χ3v) is 4.29. The van der Waals surface area contributed by atoms with Gasteiger partial charge in [-0.25, -0.2) is 0 Å². The number of nitrogens with zero attached hydrogens (tertiary/aromatic N) is 4. The van der Waals surface area contributed by atoms with Gasteiger partial charge in [0.15, 0.2) is 0 Å². The maximum Gasteiger partial charge on any atom is 0.145 e. The molecule has 0 unspecified atom stereocenters. The lowest BCUT2D eigenvalue weighted by molar-refractivity contribution is 0.160. The highest BCUT2D eigenvalue weighted by molar-refractivity contribution is 5.85. The molecule has 2 heterocycles. The number of likely N-dealkylation sites (tertiary alicyclic amines) is 1. The van der Waals surface area contributed by atoms with Gasteiger partial charge in [0.1, 0.15) is 5.84 Å². The SMILES string of the molecule is Cn1nccc1CCN1CCC(C)(/C(N)=N/O)CC1. The van der Waals surface area contributed by atoms with Gasteiger partial charge in [-0.15, -0.1) is 0 Å². The summed E-state index contributed by atoms with van der Waals surface area (Å²) in [6.45, 7) is 5.08. The molecule has 1 aromatic heterocycles. The predicted octanol–water partition coefficient (Wildman–Crippen LogP) is 0.811. The monoisotopic (exact) mass is 265 g/mol. The summed E-state index contributed by atoms with van der Waals surface area (Å²) in [7, 11) is 1.97. The van der Waals surface area contributed by atoms with E-state index in [1.807, 2.05) is 17.9 Å². The largest absolute Gasteiger partial charge is 0.409 e. The van der Waals surface area contributed by atoms with Gasteiger partial charge in [-0.3, -0.25) is 4.68 Å². The lowest BCUT2D eigenvalue weighted by Crippen LogP contribution is -2.46. The smallest absolute Gasteiger partial charge is 0.145 e. The molecule has 0 amide bonds. The molecule has 0 spiro atoms. The zero-order chi connectivity index (χ0) is 13.9. The van der Waals surface area contributed by atoms with Gasteiger partial charge >= 0.3 is 0 Å². The van der Waals surface area contributed by atoms with Crippen molar-refractivity contribution in [2.45, 2.75) is 26.2 Å². The highest BCUT2D eigenvalue weighted by Crippen LogP contribution is 2.30. The lowest BCUT2D eigenvalue weighted by atomic mass is 9.79. The Hall–Kier alpha value is -1.56. The Kier molecular flexibility index (Phi) is 4.09. The first-order valence-electron chi connectivity index (χ1n) is 6.72. The van der Waals surface area contributed by atoms with E-state index < -0.39 is 0 Å². The van der Waals surface area contributed by atoms with Crippen LogP contribution in [0.25, 0.3) is 0 Å². The molecule has 0 bridgehead atoms. The van der Waals surface area contributed by atoms with Gasteiger partial charge in [-0.2, -0.15) is 5.10 Å². The molecular weight excluding hydrogens is 242 g/mol. The van der Waals surface area contributed by atoms with E-state index in [9.17, 15) is 0 Å². The summed E-state index contributed by atoms with van der Waals surface area (Å²) in [4.78, 5) is 2.43. The van der Waals surface area contributed by atoms with Crippen LogP contribution < -0.4 is 5.73 Å². The zero-order valence-corrected chi connectivity index (χ0v) is 11.7. The van der Waals surface area contributed by atoms with Crippen LogP contribution in [0, 0.1) is 5.41 Å². The molecule has 3 N–H and O–H groups in total. The van der Waals surface area contributed by atoms with Crippen LogP contribution in [0.15, 0.2) is 17.4 Å². The zero-order valence-electron chi connectivity index (χ0n) is 11.7. The standard InChI is InChI=1S/C13H23N5O/c1-13(12(14)16-19)5-9-18(10-6-13)8-4-11-3-7-15-17(11)2/h3,7,19H,4-6,8-10H2,1-2H3,(H2,14,16). The topological polar surface area (TPSA) is 79.7 Å². The van der Waals surface area contributed by atoms with E-state index in [4.69, 9.17) is 10.9 Å². The normalized spacial score (nSPS) is 20.6. The molecule has 1 saturated heterocycles. The molecule has 6 nitrogen and oxygen atoms in total. The summed E-state index contributed by atoms with van der Waals surface area (Å²) in [5.41, 5.74) is 6.87. The predicted molar refractivity (Wildman–Crippen MR) is 74.1 cm³/mol. The van der Waals surface area contributed by atoms with Crippen LogP contribution in [0.3, 0.4) is 0 Å². The molecule has 1 aliphatic rings. The molecule has 0 atom stereocenters. The average molecular weight is 265 g/mol. The van der Waals surface area contributed by atoms with Gasteiger partial charge < -0.3 is 15.8 Å². The van der Waals surface area contributed by atoms with Crippen molar-refractivity contribution < 1.29 is 5.21 Å². The van der Waals surface area contributed by atoms with E-state index in [1.54, 1.807) is 0 Å². The van der Waals surface area contributed by atoms with Gasteiger partial charge in [0.05, 0.1) is 0 Å². The van der Waals surface area contributed by atoms with Gasteiger partial charge in [-0.05, 0) is 32.0 Å². The molecule has 0 saturated carbocycles. The van der Waals surface area contributed by atoms with Crippen LogP contribution in [0.1, 0.15) is 25.5 Å². The third kappa shape index (κ3) is 3.07. The summed E-state index contributed by atoms with van der Waals surface area (Å²) in [6.07, 6.45) is 4.72. The molecule has 1 aliphatic heterocycles. The number of rotatable bonds is 4. The Bertz CT molecular complexity index is 446. The Morgan fingerprint density at radius 2 is 2.21 bits per heavy atom. The van der Waals surface area contributed by atoms with E-state index in [2.05, 4.69) is 28.1 Å². The number of oxime groups is 1. The first-order valence-corrected chi connectivity index (χ1v) is 6.72. The van der Waals surface area contributed by atoms with Crippen molar-refractivity contribution in [3.63, 3.8) is 0 Å². The Morgan fingerprint density at radius 3 is 2.74 bits per heavy atom. The fraction of sp³-hybridized carbons (Fsp3) is 0.692. The quantitative estimate of drug-likeness (QED) is 0.365. The van der Waals surface area contributed by atoms with Gasteiger partial charge in [0, 0.05) is 37.3 Å². The number of piperidine rings is 1. The molecule has 1 fully saturated rings. The first kappa shape index (κ1) is 13.9. The van der Waals surface area contributed by atoms with Crippen LogP contribution >= 0.6 is 0 Å². The van der Waals surface area contributed by atoms with Crippen LogP contribution in [-0.4, -0.2) is 45.4 Å². The highest BCUT2D eigenvalue weighted by Gasteiger charge is 2.33. The van der Waals surface area contributed by atoms with Crippen LogP contribution in [0.2, 0.25) is 0 Å². The van der Waals surface area contributed by atoms with Crippen molar-refractivity contribution >= 4 is 5.84 Å². The molecule has 1 aromatic rings. The van der Waals surface area contributed by atoms with E-state index in [-0.39, 0.29) is 5.41 Å². The number of nitrogens with two attached hydrogens (primary N) is 1. The maximum absolute atomic E-state index is 8.82. The minimum Gasteiger partial charge on any atom is -0.409 e. The number of hydrogen-bond acceptors (Lipinski definition) is 4. The fourth-order valence-corrected chi connectivity index (χ4v) is 2.57. The second kappa shape index (κ2) is 5.61. The first-order chi connectivity index (χ1) is 9.05. The lowest BCUT2D eigenvalue weighted by Gasteiger charge is -2.38. The molecule has 2 rings (SSSR count). The van der Waals surface area contributed by atoms with E-state index >= 15 is 0 Å². The second-order valence-electron chi connectivity index (χ2n) is 5.58. The number of hydrogen-bond donors (Lipinski definition) is 2. The summed E-state index contributed by atoms with van der Waals surface area (Å²) >= 11 is 0. The minimum absolute atomic E-state index is 0.155. The summed E-state index contributed by atoms with van der Waals surface area (Å²) < 4.78 is 1.92.